The topological polar surface area (TPSA) is 73.1 Å². The number of hydrogen-bond acceptors (Lipinski definition) is 5. The molecule has 0 saturated carbocycles. The van der Waals surface area contributed by atoms with E-state index in [0.717, 1.165) is 23.3 Å². The Morgan fingerprint density at radius 1 is 0.960 bits per heavy atom. The maximum atomic E-state index is 13.3. The van der Waals surface area contributed by atoms with Crippen LogP contribution in [0.2, 0.25) is 0 Å². The van der Waals surface area contributed by atoms with Crippen LogP contribution in [0.1, 0.15) is 11.1 Å². The molecule has 25 heavy (non-hydrogen) atoms. The van der Waals surface area contributed by atoms with E-state index in [2.05, 4.69) is 15.3 Å². The maximum Gasteiger partial charge on any atom is 0.248 e. The summed E-state index contributed by atoms with van der Waals surface area (Å²) in [5, 5.41) is 2.82. The van der Waals surface area contributed by atoms with E-state index in [1.54, 1.807) is 0 Å². The van der Waals surface area contributed by atoms with Crippen LogP contribution in [0, 0.1) is 25.5 Å². The molecule has 5 nitrogen and oxygen atoms in total. The van der Waals surface area contributed by atoms with Gasteiger partial charge in [0.1, 0.15) is 17.8 Å². The van der Waals surface area contributed by atoms with E-state index in [4.69, 9.17) is 10.5 Å². The lowest BCUT2D eigenvalue weighted by molar-refractivity contribution is 0.464. The van der Waals surface area contributed by atoms with Crippen molar-refractivity contribution >= 4 is 17.2 Å². The highest BCUT2D eigenvalue weighted by atomic mass is 19.2. The number of nitrogens with two attached hydrogens (primary N) is 1. The minimum atomic E-state index is -0.968. The molecular weight excluding hydrogens is 326 g/mol. The zero-order chi connectivity index (χ0) is 18.0. The van der Waals surface area contributed by atoms with Gasteiger partial charge in [0.05, 0.1) is 0 Å². The average Bonchev–Trinajstić information content (AvgIpc) is 2.58. The van der Waals surface area contributed by atoms with Crippen molar-refractivity contribution in [1.82, 2.24) is 9.97 Å². The first kappa shape index (κ1) is 16.6. The Morgan fingerprint density at radius 2 is 1.76 bits per heavy atom. The molecular formula is C18H16F2N4O. The fourth-order valence-corrected chi connectivity index (χ4v) is 2.16. The molecule has 3 aromatic rings. The molecule has 1 aromatic heterocycles. The lowest BCUT2D eigenvalue weighted by Crippen LogP contribution is -2.03. The van der Waals surface area contributed by atoms with Gasteiger partial charge in [0.2, 0.25) is 5.88 Å². The van der Waals surface area contributed by atoms with Gasteiger partial charge >= 0.3 is 0 Å². The van der Waals surface area contributed by atoms with Crippen molar-refractivity contribution in [3.05, 3.63) is 65.5 Å². The summed E-state index contributed by atoms with van der Waals surface area (Å²) in [5.41, 5.74) is 8.72. The SMILES string of the molecule is Cc1ccc(Oc2ncnc(Nc3ccc(F)c(F)c3)c2N)cc1C. The molecule has 0 amide bonds. The number of benzene rings is 2. The normalized spacial score (nSPS) is 10.6. The molecule has 0 aliphatic rings. The maximum absolute atomic E-state index is 13.3. The molecule has 1 heterocycles. The largest absolute Gasteiger partial charge is 0.437 e. The van der Waals surface area contributed by atoms with Crippen LogP contribution in [0.4, 0.5) is 26.0 Å². The molecule has 3 N–H and O–H groups in total. The summed E-state index contributed by atoms with van der Waals surface area (Å²) in [6, 6.07) is 9.03. The number of anilines is 3. The summed E-state index contributed by atoms with van der Waals surface area (Å²) in [4.78, 5) is 8.04. The van der Waals surface area contributed by atoms with Crippen LogP contribution >= 0.6 is 0 Å². The fraction of sp³-hybridized carbons (Fsp3) is 0.111. The standard InChI is InChI=1S/C18H16F2N4O/c1-10-3-5-13(7-11(10)2)25-18-16(21)17(22-9-23-18)24-12-4-6-14(19)15(20)8-12/h3-9H,21H2,1-2H3,(H,22,23,24). The number of rotatable bonds is 4. The molecule has 0 aliphatic carbocycles. The predicted octanol–water partition coefficient (Wildman–Crippen LogP) is 4.49. The summed E-state index contributed by atoms with van der Waals surface area (Å²) in [5.74, 6) is -0.903. The number of nitrogens with zero attached hydrogens (tertiary/aromatic N) is 2. The average molecular weight is 342 g/mol. The first-order valence-corrected chi connectivity index (χ1v) is 7.51. The first-order chi connectivity index (χ1) is 11.9. The van der Waals surface area contributed by atoms with Gasteiger partial charge < -0.3 is 15.8 Å². The van der Waals surface area contributed by atoms with Crippen LogP contribution < -0.4 is 15.8 Å². The third kappa shape index (κ3) is 3.65. The first-order valence-electron chi connectivity index (χ1n) is 7.51. The molecule has 0 fully saturated rings. The summed E-state index contributed by atoms with van der Waals surface area (Å²) in [6.45, 7) is 3.98. The van der Waals surface area contributed by atoms with Gasteiger partial charge in [0.25, 0.3) is 0 Å². The molecule has 2 aromatic carbocycles. The Labute approximate surface area is 143 Å². The number of aromatic nitrogens is 2. The van der Waals surface area contributed by atoms with E-state index in [9.17, 15) is 8.78 Å². The van der Waals surface area contributed by atoms with Gasteiger partial charge in [-0.15, -0.1) is 0 Å². The number of hydrogen-bond donors (Lipinski definition) is 2. The molecule has 0 radical (unpaired) electrons. The molecule has 0 spiro atoms. The van der Waals surface area contributed by atoms with Gasteiger partial charge in [-0.25, -0.2) is 13.8 Å². The van der Waals surface area contributed by atoms with Crippen LogP contribution in [0.15, 0.2) is 42.7 Å². The zero-order valence-electron chi connectivity index (χ0n) is 13.7. The second-order valence-electron chi connectivity index (χ2n) is 5.54. The van der Waals surface area contributed by atoms with Gasteiger partial charge in [-0.1, -0.05) is 6.07 Å². The van der Waals surface area contributed by atoms with Crippen LogP contribution in [-0.4, -0.2) is 9.97 Å². The highest BCUT2D eigenvalue weighted by molar-refractivity contribution is 5.72. The van der Waals surface area contributed by atoms with Gasteiger partial charge in [0, 0.05) is 11.8 Å². The number of nitrogens with one attached hydrogen (secondary N) is 1. The van der Waals surface area contributed by atoms with Crippen LogP contribution in [0.25, 0.3) is 0 Å². The van der Waals surface area contributed by atoms with E-state index in [1.165, 1.54) is 12.4 Å². The minimum absolute atomic E-state index is 0.158. The van der Waals surface area contributed by atoms with Gasteiger partial charge in [-0.05, 0) is 49.2 Å². The van der Waals surface area contributed by atoms with Gasteiger partial charge in [-0.2, -0.15) is 4.98 Å². The van der Waals surface area contributed by atoms with Crippen molar-refractivity contribution in [1.29, 1.82) is 0 Å². The lowest BCUT2D eigenvalue weighted by Gasteiger charge is -2.12. The second-order valence-corrected chi connectivity index (χ2v) is 5.54. The second kappa shape index (κ2) is 6.72. The van der Waals surface area contributed by atoms with Crippen molar-refractivity contribution in [3.8, 4) is 11.6 Å². The third-order valence-corrected chi connectivity index (χ3v) is 3.72. The molecule has 7 heteroatoms. The van der Waals surface area contributed by atoms with E-state index < -0.39 is 11.6 Å². The van der Waals surface area contributed by atoms with E-state index >= 15 is 0 Å². The fourth-order valence-electron chi connectivity index (χ4n) is 2.16. The lowest BCUT2D eigenvalue weighted by atomic mass is 10.1. The van der Waals surface area contributed by atoms with E-state index in [-0.39, 0.29) is 17.4 Å². The summed E-state index contributed by atoms with van der Waals surface area (Å²) in [7, 11) is 0. The summed E-state index contributed by atoms with van der Waals surface area (Å²) < 4.78 is 32.0. The molecule has 0 saturated heterocycles. The number of halogens is 2. The monoisotopic (exact) mass is 342 g/mol. The van der Waals surface area contributed by atoms with Crippen LogP contribution in [0.3, 0.4) is 0 Å². The summed E-state index contributed by atoms with van der Waals surface area (Å²) in [6.07, 6.45) is 1.27. The highest BCUT2D eigenvalue weighted by Gasteiger charge is 2.12. The smallest absolute Gasteiger partial charge is 0.248 e. The number of aryl methyl sites for hydroxylation is 2. The van der Waals surface area contributed by atoms with Gasteiger partial charge in [0.15, 0.2) is 17.5 Å². The van der Waals surface area contributed by atoms with Crippen molar-refractivity contribution in [3.63, 3.8) is 0 Å². The molecule has 0 aliphatic heterocycles. The van der Waals surface area contributed by atoms with Crippen molar-refractivity contribution < 1.29 is 13.5 Å². The zero-order valence-corrected chi connectivity index (χ0v) is 13.7. The molecule has 3 rings (SSSR count). The third-order valence-electron chi connectivity index (χ3n) is 3.72. The molecule has 128 valence electrons. The highest BCUT2D eigenvalue weighted by Crippen LogP contribution is 2.31. The van der Waals surface area contributed by atoms with E-state index in [0.29, 0.717) is 11.4 Å². The van der Waals surface area contributed by atoms with Crippen molar-refractivity contribution in [2.45, 2.75) is 13.8 Å². The Morgan fingerprint density at radius 3 is 2.48 bits per heavy atom. The Kier molecular flexibility index (Phi) is 4.47. The predicted molar refractivity (Wildman–Crippen MR) is 92.1 cm³/mol. The van der Waals surface area contributed by atoms with Crippen LogP contribution in [0.5, 0.6) is 11.6 Å². The Bertz CT molecular complexity index is 859. The van der Waals surface area contributed by atoms with Crippen molar-refractivity contribution in [2.75, 3.05) is 11.1 Å². The molecule has 0 atom stereocenters. The number of nitrogen functional groups attached to an aromatic ring is 1. The number of ether oxygens (including phenoxy) is 1. The Balaban J connectivity index is 1.86. The molecule has 0 bridgehead atoms. The Hall–Kier alpha value is -3.22. The van der Waals surface area contributed by atoms with Crippen molar-refractivity contribution in [2.24, 2.45) is 0 Å². The minimum Gasteiger partial charge on any atom is -0.437 e. The van der Waals surface area contributed by atoms with Gasteiger partial charge in [-0.3, -0.25) is 0 Å². The van der Waals surface area contributed by atoms with Crippen LogP contribution in [-0.2, 0) is 0 Å². The molecule has 0 unspecified atom stereocenters. The summed E-state index contributed by atoms with van der Waals surface area (Å²) >= 11 is 0. The van der Waals surface area contributed by atoms with E-state index in [1.807, 2.05) is 32.0 Å². The quantitative estimate of drug-likeness (QED) is 0.731.